The highest BCUT2D eigenvalue weighted by Crippen LogP contribution is 2.06. The van der Waals surface area contributed by atoms with Gasteiger partial charge in [0.1, 0.15) is 0 Å². The summed E-state index contributed by atoms with van der Waals surface area (Å²) in [4.78, 5) is 0. The monoisotopic (exact) mass is 215 g/mol. The van der Waals surface area contributed by atoms with E-state index in [-0.39, 0.29) is 0 Å². The van der Waals surface area contributed by atoms with Crippen LogP contribution in [0.15, 0.2) is 0 Å². The van der Waals surface area contributed by atoms with Crippen molar-refractivity contribution in [3.8, 4) is 0 Å². The molecule has 0 aliphatic rings. The summed E-state index contributed by atoms with van der Waals surface area (Å²) in [7, 11) is 0. The van der Waals surface area contributed by atoms with Crippen molar-refractivity contribution < 1.29 is 5.11 Å². The smallest absolute Gasteiger partial charge is 0.0431 e. The van der Waals surface area contributed by atoms with Gasteiger partial charge < -0.3 is 10.4 Å². The van der Waals surface area contributed by atoms with Gasteiger partial charge in [-0.05, 0) is 32.4 Å². The molecule has 0 aliphatic heterocycles. The Labute approximate surface area is 95.5 Å². The molecule has 92 valence electrons. The van der Waals surface area contributed by atoms with Crippen molar-refractivity contribution in [2.45, 2.75) is 64.7 Å². The second kappa shape index (κ2) is 13.9. The first-order chi connectivity index (χ1) is 7.41. The zero-order chi connectivity index (χ0) is 11.2. The maximum absolute atomic E-state index is 8.58. The average Bonchev–Trinajstić information content (AvgIpc) is 2.26. The lowest BCUT2D eigenvalue weighted by Crippen LogP contribution is -2.16. The van der Waals surface area contributed by atoms with Gasteiger partial charge in [0.05, 0.1) is 0 Å². The van der Waals surface area contributed by atoms with Crippen molar-refractivity contribution in [3.63, 3.8) is 0 Å². The molecule has 0 radical (unpaired) electrons. The largest absolute Gasteiger partial charge is 0.396 e. The number of hydrogen-bond acceptors (Lipinski definition) is 2. The minimum atomic E-state index is 0.332. The molecule has 0 unspecified atom stereocenters. The van der Waals surface area contributed by atoms with Crippen molar-refractivity contribution in [1.29, 1.82) is 0 Å². The van der Waals surface area contributed by atoms with Crippen molar-refractivity contribution >= 4 is 0 Å². The molecule has 2 N–H and O–H groups in total. The zero-order valence-electron chi connectivity index (χ0n) is 10.4. The molecule has 0 amide bonds. The molecule has 0 atom stereocenters. The van der Waals surface area contributed by atoms with Crippen LogP contribution in [0.2, 0.25) is 0 Å². The van der Waals surface area contributed by atoms with Crippen LogP contribution in [-0.2, 0) is 0 Å². The van der Waals surface area contributed by atoms with E-state index in [1.165, 1.54) is 44.9 Å². The van der Waals surface area contributed by atoms with Crippen LogP contribution >= 0.6 is 0 Å². The van der Waals surface area contributed by atoms with E-state index in [2.05, 4.69) is 12.2 Å². The van der Waals surface area contributed by atoms with Gasteiger partial charge in [0.15, 0.2) is 0 Å². The molecule has 2 nitrogen and oxygen atoms in total. The highest BCUT2D eigenvalue weighted by molar-refractivity contribution is 4.50. The summed E-state index contributed by atoms with van der Waals surface area (Å²) < 4.78 is 0. The summed E-state index contributed by atoms with van der Waals surface area (Å²) in [5.41, 5.74) is 0. The molecule has 0 aromatic rings. The second-order valence-electron chi connectivity index (χ2n) is 4.30. The number of unbranched alkanes of at least 4 members (excludes halogenated alkanes) is 7. The van der Waals surface area contributed by atoms with Gasteiger partial charge in [0, 0.05) is 6.61 Å². The Balaban J connectivity index is 2.81. The molecule has 0 aromatic heterocycles. The summed E-state index contributed by atoms with van der Waals surface area (Å²) >= 11 is 0. The number of aliphatic hydroxyl groups is 1. The SMILES string of the molecule is CCCCCCCCCNCCCCO. The van der Waals surface area contributed by atoms with E-state index < -0.39 is 0 Å². The van der Waals surface area contributed by atoms with E-state index in [0.717, 1.165) is 25.9 Å². The molecule has 0 rings (SSSR count). The fourth-order valence-electron chi connectivity index (χ4n) is 1.69. The number of aliphatic hydroxyl groups excluding tert-OH is 1. The summed E-state index contributed by atoms with van der Waals surface area (Å²) in [6.07, 6.45) is 11.7. The van der Waals surface area contributed by atoms with Gasteiger partial charge in [-0.15, -0.1) is 0 Å². The van der Waals surface area contributed by atoms with Crippen LogP contribution in [0, 0.1) is 0 Å². The highest BCUT2D eigenvalue weighted by atomic mass is 16.2. The molecular weight excluding hydrogens is 186 g/mol. The lowest BCUT2D eigenvalue weighted by Gasteiger charge is -2.04. The molecule has 0 saturated carbocycles. The van der Waals surface area contributed by atoms with E-state index >= 15 is 0 Å². The third kappa shape index (κ3) is 13.9. The van der Waals surface area contributed by atoms with Gasteiger partial charge >= 0.3 is 0 Å². The number of hydrogen-bond donors (Lipinski definition) is 2. The maximum atomic E-state index is 8.58. The third-order valence-electron chi connectivity index (χ3n) is 2.72. The Bertz CT molecular complexity index is 94.7. The Morgan fingerprint density at radius 2 is 1.27 bits per heavy atom. The fraction of sp³-hybridized carbons (Fsp3) is 1.00. The van der Waals surface area contributed by atoms with Crippen LogP contribution in [0.3, 0.4) is 0 Å². The summed E-state index contributed by atoms with van der Waals surface area (Å²) in [5.74, 6) is 0. The minimum Gasteiger partial charge on any atom is -0.396 e. The topological polar surface area (TPSA) is 32.3 Å². The molecule has 15 heavy (non-hydrogen) atoms. The van der Waals surface area contributed by atoms with Gasteiger partial charge in [-0.1, -0.05) is 45.4 Å². The van der Waals surface area contributed by atoms with Gasteiger partial charge in [0.2, 0.25) is 0 Å². The van der Waals surface area contributed by atoms with E-state index in [0.29, 0.717) is 6.61 Å². The summed E-state index contributed by atoms with van der Waals surface area (Å²) in [5, 5.41) is 12.0. The van der Waals surface area contributed by atoms with Crippen LogP contribution in [0.5, 0.6) is 0 Å². The molecule has 0 saturated heterocycles. The van der Waals surface area contributed by atoms with Crippen LogP contribution in [0.25, 0.3) is 0 Å². The highest BCUT2D eigenvalue weighted by Gasteiger charge is 1.91. The van der Waals surface area contributed by atoms with Gasteiger partial charge in [0.25, 0.3) is 0 Å². The first-order valence-electron chi connectivity index (χ1n) is 6.73. The van der Waals surface area contributed by atoms with Gasteiger partial charge in [-0.25, -0.2) is 0 Å². The second-order valence-corrected chi connectivity index (χ2v) is 4.30. The van der Waals surface area contributed by atoms with E-state index in [1.807, 2.05) is 0 Å². The van der Waals surface area contributed by atoms with Crippen LogP contribution in [0.1, 0.15) is 64.7 Å². The first-order valence-corrected chi connectivity index (χ1v) is 6.73. The quantitative estimate of drug-likeness (QED) is 0.490. The van der Waals surface area contributed by atoms with Crippen LogP contribution < -0.4 is 5.32 Å². The van der Waals surface area contributed by atoms with Crippen LogP contribution in [0.4, 0.5) is 0 Å². The molecule has 0 aromatic carbocycles. The van der Waals surface area contributed by atoms with Gasteiger partial charge in [-0.2, -0.15) is 0 Å². The fourth-order valence-corrected chi connectivity index (χ4v) is 1.69. The van der Waals surface area contributed by atoms with E-state index in [4.69, 9.17) is 5.11 Å². The molecule has 0 spiro atoms. The molecule has 0 bridgehead atoms. The predicted octanol–water partition coefficient (Wildman–Crippen LogP) is 3.10. The van der Waals surface area contributed by atoms with Crippen molar-refractivity contribution in [3.05, 3.63) is 0 Å². The Morgan fingerprint density at radius 1 is 0.733 bits per heavy atom. The summed E-state index contributed by atoms with van der Waals surface area (Å²) in [6.45, 7) is 4.81. The van der Waals surface area contributed by atoms with Gasteiger partial charge in [-0.3, -0.25) is 0 Å². The van der Waals surface area contributed by atoms with Crippen molar-refractivity contribution in [2.24, 2.45) is 0 Å². The molecule has 0 fully saturated rings. The minimum absolute atomic E-state index is 0.332. The Kier molecular flexibility index (Phi) is 13.8. The predicted molar refractivity (Wildman–Crippen MR) is 67.2 cm³/mol. The lowest BCUT2D eigenvalue weighted by atomic mass is 10.1. The maximum Gasteiger partial charge on any atom is 0.0431 e. The number of nitrogens with one attached hydrogen (secondary N) is 1. The van der Waals surface area contributed by atoms with Crippen molar-refractivity contribution in [2.75, 3.05) is 19.7 Å². The zero-order valence-corrected chi connectivity index (χ0v) is 10.4. The molecule has 0 aliphatic carbocycles. The normalized spacial score (nSPS) is 10.8. The third-order valence-corrected chi connectivity index (χ3v) is 2.72. The van der Waals surface area contributed by atoms with E-state index in [1.54, 1.807) is 0 Å². The summed E-state index contributed by atoms with van der Waals surface area (Å²) in [6, 6.07) is 0. The Hall–Kier alpha value is -0.0800. The average molecular weight is 215 g/mol. The molecule has 0 heterocycles. The lowest BCUT2D eigenvalue weighted by molar-refractivity contribution is 0.283. The molecular formula is C13H29NO. The van der Waals surface area contributed by atoms with E-state index in [9.17, 15) is 0 Å². The standard InChI is InChI=1S/C13H29NO/c1-2-3-4-5-6-7-8-11-14-12-9-10-13-15/h14-15H,2-13H2,1H3. The number of rotatable bonds is 12. The first kappa shape index (κ1) is 14.9. The Morgan fingerprint density at radius 3 is 1.87 bits per heavy atom. The van der Waals surface area contributed by atoms with Crippen LogP contribution in [-0.4, -0.2) is 24.8 Å². The molecule has 2 heteroatoms. The van der Waals surface area contributed by atoms with Crippen molar-refractivity contribution in [1.82, 2.24) is 5.32 Å².